The van der Waals surface area contributed by atoms with Gasteiger partial charge in [-0.3, -0.25) is 0 Å². The van der Waals surface area contributed by atoms with E-state index < -0.39 is 5.79 Å². The van der Waals surface area contributed by atoms with Crippen LogP contribution < -0.4 is 4.74 Å². The van der Waals surface area contributed by atoms with Gasteiger partial charge in [-0.25, -0.2) is 0 Å². The third-order valence-electron chi connectivity index (χ3n) is 3.88. The van der Waals surface area contributed by atoms with Crippen LogP contribution in [-0.2, 0) is 15.9 Å². The van der Waals surface area contributed by atoms with Gasteiger partial charge in [-0.05, 0) is 55.7 Å². The highest BCUT2D eigenvalue weighted by molar-refractivity contribution is 5.84. The van der Waals surface area contributed by atoms with Crippen LogP contribution in [0.1, 0.15) is 32.8 Å². The smallest absolute Gasteiger partial charge is 0.165 e. The number of methoxy groups -OCH3 is 1. The minimum Gasteiger partial charge on any atom is -0.497 e. The molecule has 0 saturated heterocycles. The number of hydrogen-bond acceptors (Lipinski definition) is 3. The maximum absolute atomic E-state index is 5.77. The molecular formula is C19H26O3. The molecule has 0 amide bonds. The van der Waals surface area contributed by atoms with E-state index in [2.05, 4.69) is 30.3 Å². The molecule has 0 bridgehead atoms. The highest BCUT2D eigenvalue weighted by atomic mass is 16.7. The summed E-state index contributed by atoms with van der Waals surface area (Å²) in [6.07, 6.45) is 1.77. The van der Waals surface area contributed by atoms with Crippen LogP contribution in [0.2, 0.25) is 0 Å². The standard InChI is InChI=1S/C19H26O3/c1-5-21-19(3,22-6-2)12-11-15-7-8-17-14-18(20-4)10-9-16(17)13-15/h7-10,13-14H,5-6,11-12H2,1-4H3. The summed E-state index contributed by atoms with van der Waals surface area (Å²) in [6, 6.07) is 12.7. The fourth-order valence-corrected chi connectivity index (χ4v) is 2.72. The zero-order valence-electron chi connectivity index (χ0n) is 14.0. The van der Waals surface area contributed by atoms with Gasteiger partial charge in [0.15, 0.2) is 5.79 Å². The summed E-state index contributed by atoms with van der Waals surface area (Å²) in [4.78, 5) is 0. The van der Waals surface area contributed by atoms with Gasteiger partial charge in [-0.15, -0.1) is 0 Å². The molecule has 0 spiro atoms. The van der Waals surface area contributed by atoms with Crippen molar-refractivity contribution in [2.45, 2.75) is 39.4 Å². The van der Waals surface area contributed by atoms with Crippen LogP contribution in [0.5, 0.6) is 5.75 Å². The molecule has 0 aliphatic rings. The van der Waals surface area contributed by atoms with Crippen LogP contribution in [-0.4, -0.2) is 26.1 Å². The molecule has 2 rings (SSSR count). The summed E-state index contributed by atoms with van der Waals surface area (Å²) >= 11 is 0. The highest BCUT2D eigenvalue weighted by Gasteiger charge is 2.24. The van der Waals surface area contributed by atoms with E-state index in [9.17, 15) is 0 Å². The van der Waals surface area contributed by atoms with Crippen LogP contribution in [0.15, 0.2) is 36.4 Å². The maximum atomic E-state index is 5.77. The van der Waals surface area contributed by atoms with Gasteiger partial charge in [-0.1, -0.05) is 24.3 Å². The molecule has 120 valence electrons. The number of ether oxygens (including phenoxy) is 3. The Labute approximate surface area is 133 Å². The molecule has 0 radical (unpaired) electrons. The van der Waals surface area contributed by atoms with E-state index in [-0.39, 0.29) is 0 Å². The van der Waals surface area contributed by atoms with Crippen molar-refractivity contribution in [1.29, 1.82) is 0 Å². The van der Waals surface area contributed by atoms with Crippen molar-refractivity contribution >= 4 is 10.8 Å². The van der Waals surface area contributed by atoms with E-state index in [1.54, 1.807) is 7.11 Å². The fraction of sp³-hybridized carbons (Fsp3) is 0.474. The van der Waals surface area contributed by atoms with Crippen LogP contribution in [0.25, 0.3) is 10.8 Å². The molecule has 0 aliphatic heterocycles. The lowest BCUT2D eigenvalue weighted by molar-refractivity contribution is -0.224. The Balaban J connectivity index is 2.11. The Morgan fingerprint density at radius 1 is 0.909 bits per heavy atom. The first kappa shape index (κ1) is 16.8. The minimum atomic E-state index is -0.502. The Hall–Kier alpha value is -1.58. The second-order valence-electron chi connectivity index (χ2n) is 5.55. The molecular weight excluding hydrogens is 276 g/mol. The summed E-state index contributed by atoms with van der Waals surface area (Å²) in [7, 11) is 1.69. The molecule has 2 aromatic rings. The summed E-state index contributed by atoms with van der Waals surface area (Å²) in [5, 5.41) is 2.42. The second kappa shape index (κ2) is 7.61. The van der Waals surface area contributed by atoms with Gasteiger partial charge >= 0.3 is 0 Å². The molecule has 2 aromatic carbocycles. The zero-order chi connectivity index (χ0) is 16.0. The Morgan fingerprint density at radius 2 is 1.55 bits per heavy atom. The number of fused-ring (bicyclic) bond motifs is 1. The van der Waals surface area contributed by atoms with Crippen molar-refractivity contribution in [3.05, 3.63) is 42.0 Å². The molecule has 0 N–H and O–H groups in total. The number of aryl methyl sites for hydroxylation is 1. The molecule has 0 aromatic heterocycles. The van der Waals surface area contributed by atoms with Crippen molar-refractivity contribution in [2.24, 2.45) is 0 Å². The Kier molecular flexibility index (Phi) is 5.81. The molecule has 3 heteroatoms. The quantitative estimate of drug-likeness (QED) is 0.669. The summed E-state index contributed by atoms with van der Waals surface area (Å²) in [5.41, 5.74) is 1.29. The summed E-state index contributed by atoms with van der Waals surface area (Å²) in [6.45, 7) is 7.34. The van der Waals surface area contributed by atoms with Crippen molar-refractivity contribution in [1.82, 2.24) is 0 Å². The molecule has 0 atom stereocenters. The van der Waals surface area contributed by atoms with Gasteiger partial charge in [0.1, 0.15) is 5.75 Å². The predicted molar refractivity (Wildman–Crippen MR) is 90.5 cm³/mol. The molecule has 0 heterocycles. The molecule has 0 fully saturated rings. The third kappa shape index (κ3) is 4.21. The minimum absolute atomic E-state index is 0.502. The molecule has 0 saturated carbocycles. The SMILES string of the molecule is CCOC(C)(CCc1ccc2cc(OC)ccc2c1)OCC. The third-order valence-corrected chi connectivity index (χ3v) is 3.88. The first-order valence-electron chi connectivity index (χ1n) is 7.95. The van der Waals surface area contributed by atoms with E-state index in [4.69, 9.17) is 14.2 Å². The Morgan fingerprint density at radius 3 is 2.18 bits per heavy atom. The van der Waals surface area contributed by atoms with Crippen LogP contribution in [0, 0.1) is 0 Å². The van der Waals surface area contributed by atoms with Crippen LogP contribution in [0.4, 0.5) is 0 Å². The van der Waals surface area contributed by atoms with Gasteiger partial charge in [0, 0.05) is 19.6 Å². The van der Waals surface area contributed by atoms with E-state index >= 15 is 0 Å². The largest absolute Gasteiger partial charge is 0.497 e. The first-order chi connectivity index (χ1) is 10.6. The molecule has 0 aliphatic carbocycles. The number of rotatable bonds is 8. The van der Waals surface area contributed by atoms with E-state index in [1.165, 1.54) is 16.3 Å². The molecule has 0 unspecified atom stereocenters. The fourth-order valence-electron chi connectivity index (χ4n) is 2.72. The van der Waals surface area contributed by atoms with Gasteiger partial charge < -0.3 is 14.2 Å². The lowest BCUT2D eigenvalue weighted by Gasteiger charge is -2.29. The maximum Gasteiger partial charge on any atom is 0.165 e. The first-order valence-corrected chi connectivity index (χ1v) is 7.95. The number of hydrogen-bond donors (Lipinski definition) is 0. The van der Waals surface area contributed by atoms with Crippen LogP contribution in [0.3, 0.4) is 0 Å². The highest BCUT2D eigenvalue weighted by Crippen LogP contribution is 2.25. The average molecular weight is 302 g/mol. The van der Waals surface area contributed by atoms with Crippen molar-refractivity contribution < 1.29 is 14.2 Å². The topological polar surface area (TPSA) is 27.7 Å². The normalized spacial score (nSPS) is 11.8. The van der Waals surface area contributed by atoms with Crippen molar-refractivity contribution in [3.8, 4) is 5.75 Å². The summed E-state index contributed by atoms with van der Waals surface area (Å²) < 4.78 is 16.8. The Bertz CT molecular complexity index is 601. The van der Waals surface area contributed by atoms with E-state index in [0.717, 1.165) is 18.6 Å². The molecule has 3 nitrogen and oxygen atoms in total. The van der Waals surface area contributed by atoms with Crippen LogP contribution >= 0.6 is 0 Å². The van der Waals surface area contributed by atoms with Crippen molar-refractivity contribution in [2.75, 3.05) is 20.3 Å². The zero-order valence-corrected chi connectivity index (χ0v) is 14.0. The lowest BCUT2D eigenvalue weighted by atomic mass is 10.0. The van der Waals surface area contributed by atoms with Gasteiger partial charge in [0.2, 0.25) is 0 Å². The van der Waals surface area contributed by atoms with E-state index in [0.29, 0.717) is 13.2 Å². The monoisotopic (exact) mass is 302 g/mol. The van der Waals surface area contributed by atoms with Gasteiger partial charge in [0.25, 0.3) is 0 Å². The second-order valence-corrected chi connectivity index (χ2v) is 5.55. The van der Waals surface area contributed by atoms with E-state index in [1.807, 2.05) is 26.8 Å². The average Bonchev–Trinajstić information content (AvgIpc) is 2.53. The molecule has 22 heavy (non-hydrogen) atoms. The van der Waals surface area contributed by atoms with Gasteiger partial charge in [-0.2, -0.15) is 0 Å². The van der Waals surface area contributed by atoms with Crippen molar-refractivity contribution in [3.63, 3.8) is 0 Å². The number of benzene rings is 2. The lowest BCUT2D eigenvalue weighted by Crippen LogP contribution is -2.33. The van der Waals surface area contributed by atoms with Gasteiger partial charge in [0.05, 0.1) is 7.11 Å². The predicted octanol–water partition coefficient (Wildman–Crippen LogP) is 4.57. The summed E-state index contributed by atoms with van der Waals surface area (Å²) in [5.74, 6) is 0.388.